The number of benzene rings is 1. The minimum Gasteiger partial charge on any atom is -0.334 e. The Morgan fingerprint density at radius 2 is 2.21 bits per heavy atom. The molecule has 0 N–H and O–H groups in total. The van der Waals surface area contributed by atoms with Gasteiger partial charge in [0.15, 0.2) is 5.82 Å². The third-order valence-corrected chi connectivity index (χ3v) is 5.01. The summed E-state index contributed by atoms with van der Waals surface area (Å²) in [6.45, 7) is 0.635. The van der Waals surface area contributed by atoms with E-state index >= 15 is 0 Å². The minimum absolute atomic E-state index is 0.0507. The van der Waals surface area contributed by atoms with Crippen LogP contribution in [0.25, 0.3) is 11.5 Å². The zero-order valence-corrected chi connectivity index (χ0v) is 15.7. The highest BCUT2D eigenvalue weighted by Crippen LogP contribution is 2.30. The van der Waals surface area contributed by atoms with Crippen LogP contribution in [0.15, 0.2) is 41.2 Å². The van der Waals surface area contributed by atoms with Crippen LogP contribution in [0.1, 0.15) is 43.1 Å². The molecule has 0 saturated carbocycles. The topological polar surface area (TPSA) is 77.0 Å². The van der Waals surface area contributed by atoms with Crippen molar-refractivity contribution in [2.75, 3.05) is 6.54 Å². The molecule has 1 atom stereocenters. The van der Waals surface area contributed by atoms with E-state index in [0.717, 1.165) is 31.2 Å². The zero-order chi connectivity index (χ0) is 19.5. The third kappa shape index (κ3) is 3.95. The summed E-state index contributed by atoms with van der Waals surface area (Å²) in [5.41, 5.74) is 1.41. The summed E-state index contributed by atoms with van der Waals surface area (Å²) >= 11 is 0. The fourth-order valence-electron chi connectivity index (χ4n) is 3.62. The van der Waals surface area contributed by atoms with Crippen molar-refractivity contribution in [1.29, 1.82) is 0 Å². The SMILES string of the molecule is Cn1cc(-c2nc([C@H]3CCCCCN3C(=O)Cc3cccc(F)c3)no2)cn1. The van der Waals surface area contributed by atoms with E-state index in [4.69, 9.17) is 4.52 Å². The van der Waals surface area contributed by atoms with E-state index in [9.17, 15) is 9.18 Å². The first-order chi connectivity index (χ1) is 13.6. The Bertz CT molecular complexity index is 967. The zero-order valence-electron chi connectivity index (χ0n) is 15.7. The van der Waals surface area contributed by atoms with Crippen molar-refractivity contribution in [3.63, 3.8) is 0 Å². The molecule has 8 heteroatoms. The van der Waals surface area contributed by atoms with Gasteiger partial charge in [0.2, 0.25) is 5.91 Å². The van der Waals surface area contributed by atoms with Crippen LogP contribution in [0.4, 0.5) is 4.39 Å². The van der Waals surface area contributed by atoms with Crippen molar-refractivity contribution < 1.29 is 13.7 Å². The van der Waals surface area contributed by atoms with Crippen LogP contribution in [0, 0.1) is 5.82 Å². The van der Waals surface area contributed by atoms with Crippen molar-refractivity contribution in [3.05, 3.63) is 53.9 Å². The molecular weight excluding hydrogens is 361 g/mol. The maximum absolute atomic E-state index is 13.5. The summed E-state index contributed by atoms with van der Waals surface area (Å²) in [6.07, 6.45) is 7.37. The number of amides is 1. The Morgan fingerprint density at radius 1 is 1.32 bits per heavy atom. The Labute approximate surface area is 162 Å². The van der Waals surface area contributed by atoms with Gasteiger partial charge in [-0.25, -0.2) is 4.39 Å². The van der Waals surface area contributed by atoms with Crippen molar-refractivity contribution in [3.8, 4) is 11.5 Å². The van der Waals surface area contributed by atoms with Crippen LogP contribution in [0.3, 0.4) is 0 Å². The number of carbonyl (C=O) groups is 1. The summed E-state index contributed by atoms with van der Waals surface area (Å²) in [5.74, 6) is 0.514. The number of aryl methyl sites for hydroxylation is 1. The molecule has 0 radical (unpaired) electrons. The number of aromatic nitrogens is 4. The molecule has 28 heavy (non-hydrogen) atoms. The lowest BCUT2D eigenvalue weighted by Crippen LogP contribution is -2.36. The normalized spacial score (nSPS) is 17.5. The lowest BCUT2D eigenvalue weighted by Gasteiger charge is -2.28. The van der Waals surface area contributed by atoms with Crippen LogP contribution in [0.2, 0.25) is 0 Å². The van der Waals surface area contributed by atoms with E-state index in [1.165, 1.54) is 12.1 Å². The molecule has 1 aliphatic rings. The number of nitrogens with zero attached hydrogens (tertiary/aromatic N) is 5. The second kappa shape index (κ2) is 7.92. The summed E-state index contributed by atoms with van der Waals surface area (Å²) in [6, 6.07) is 5.93. The third-order valence-electron chi connectivity index (χ3n) is 5.01. The van der Waals surface area contributed by atoms with Gasteiger partial charge in [0.05, 0.1) is 24.2 Å². The number of likely N-dealkylation sites (tertiary alicyclic amines) is 1. The molecule has 7 nitrogen and oxygen atoms in total. The van der Waals surface area contributed by atoms with Gasteiger partial charge in [-0.15, -0.1) is 0 Å². The van der Waals surface area contributed by atoms with Gasteiger partial charge in [0.25, 0.3) is 5.89 Å². The van der Waals surface area contributed by atoms with Gasteiger partial charge in [-0.2, -0.15) is 10.1 Å². The van der Waals surface area contributed by atoms with Crippen LogP contribution in [-0.2, 0) is 18.3 Å². The summed E-state index contributed by atoms with van der Waals surface area (Å²) in [4.78, 5) is 19.3. The van der Waals surface area contributed by atoms with Gasteiger partial charge in [-0.1, -0.05) is 30.1 Å². The fraction of sp³-hybridized carbons (Fsp3) is 0.400. The summed E-state index contributed by atoms with van der Waals surface area (Å²) in [5, 5.41) is 8.26. The molecule has 0 unspecified atom stereocenters. The molecule has 1 saturated heterocycles. The standard InChI is InChI=1S/C20H22FN5O2/c1-25-13-15(12-22-25)20-23-19(24-28-20)17-8-3-2-4-9-26(17)18(27)11-14-6-5-7-16(21)10-14/h5-7,10,12-13,17H,2-4,8-9,11H2,1H3/t17-/m1/s1. The Kier molecular flexibility index (Phi) is 5.18. The van der Waals surface area contributed by atoms with Crippen molar-refractivity contribution in [1.82, 2.24) is 24.8 Å². The monoisotopic (exact) mass is 383 g/mol. The number of halogens is 1. The first-order valence-electron chi connectivity index (χ1n) is 9.47. The number of hydrogen-bond acceptors (Lipinski definition) is 5. The molecule has 1 aliphatic heterocycles. The molecule has 0 aliphatic carbocycles. The van der Waals surface area contributed by atoms with Crippen LogP contribution in [0.5, 0.6) is 0 Å². The second-order valence-electron chi connectivity index (χ2n) is 7.12. The van der Waals surface area contributed by atoms with Crippen LogP contribution < -0.4 is 0 Å². The first kappa shape index (κ1) is 18.3. The van der Waals surface area contributed by atoms with E-state index in [1.807, 2.05) is 11.9 Å². The van der Waals surface area contributed by atoms with Crippen molar-refractivity contribution in [2.45, 2.75) is 38.1 Å². The molecule has 146 valence electrons. The van der Waals surface area contributed by atoms with Gasteiger partial charge in [-0.05, 0) is 30.5 Å². The smallest absolute Gasteiger partial charge is 0.261 e. The lowest BCUT2D eigenvalue weighted by atomic mass is 10.1. The van der Waals surface area contributed by atoms with E-state index in [-0.39, 0.29) is 24.2 Å². The van der Waals surface area contributed by atoms with E-state index in [2.05, 4.69) is 15.2 Å². The van der Waals surface area contributed by atoms with Crippen LogP contribution >= 0.6 is 0 Å². The van der Waals surface area contributed by atoms with E-state index < -0.39 is 0 Å². The highest BCUT2D eigenvalue weighted by Gasteiger charge is 2.30. The molecule has 2 aromatic heterocycles. The predicted octanol–water partition coefficient (Wildman–Crippen LogP) is 3.30. The molecule has 1 aromatic carbocycles. The number of hydrogen-bond donors (Lipinski definition) is 0. The number of carbonyl (C=O) groups excluding carboxylic acids is 1. The Morgan fingerprint density at radius 3 is 3.00 bits per heavy atom. The van der Waals surface area contributed by atoms with Gasteiger partial charge < -0.3 is 9.42 Å². The largest absolute Gasteiger partial charge is 0.334 e. The Balaban J connectivity index is 1.56. The van der Waals surface area contributed by atoms with Crippen molar-refractivity contribution >= 4 is 5.91 Å². The second-order valence-corrected chi connectivity index (χ2v) is 7.12. The fourth-order valence-corrected chi connectivity index (χ4v) is 3.62. The number of rotatable bonds is 4. The maximum atomic E-state index is 13.5. The van der Waals surface area contributed by atoms with Crippen LogP contribution in [-0.4, -0.2) is 37.3 Å². The van der Waals surface area contributed by atoms with E-state index in [1.54, 1.807) is 29.2 Å². The molecule has 1 amide bonds. The highest BCUT2D eigenvalue weighted by molar-refractivity contribution is 5.79. The molecule has 0 bridgehead atoms. The first-order valence-corrected chi connectivity index (χ1v) is 9.47. The summed E-state index contributed by atoms with van der Waals surface area (Å²) < 4.78 is 20.6. The average Bonchev–Trinajstić information content (AvgIpc) is 3.24. The molecule has 4 rings (SSSR count). The van der Waals surface area contributed by atoms with E-state index in [0.29, 0.717) is 23.8 Å². The molecule has 0 spiro atoms. The minimum atomic E-state index is -0.336. The Hall–Kier alpha value is -3.03. The van der Waals surface area contributed by atoms with Gasteiger partial charge in [-0.3, -0.25) is 9.48 Å². The lowest BCUT2D eigenvalue weighted by molar-refractivity contribution is -0.133. The highest BCUT2D eigenvalue weighted by atomic mass is 19.1. The van der Waals surface area contributed by atoms with Gasteiger partial charge in [0.1, 0.15) is 5.82 Å². The molecule has 1 fully saturated rings. The predicted molar refractivity (Wildman–Crippen MR) is 99.5 cm³/mol. The molecule has 3 heterocycles. The van der Waals surface area contributed by atoms with Gasteiger partial charge >= 0.3 is 0 Å². The quantitative estimate of drug-likeness (QED) is 0.691. The molecule has 3 aromatic rings. The van der Waals surface area contributed by atoms with Gasteiger partial charge in [0, 0.05) is 19.8 Å². The summed E-state index contributed by atoms with van der Waals surface area (Å²) in [7, 11) is 1.82. The maximum Gasteiger partial charge on any atom is 0.261 e. The molecular formula is C20H22FN5O2. The average molecular weight is 383 g/mol. The van der Waals surface area contributed by atoms with Crippen molar-refractivity contribution in [2.24, 2.45) is 7.05 Å².